The molecule has 0 unspecified atom stereocenters. The van der Waals surface area contributed by atoms with Gasteiger partial charge in [0.2, 0.25) is 11.7 Å². The fourth-order valence-electron chi connectivity index (χ4n) is 3.66. The Kier molecular flexibility index (Phi) is 5.56. The summed E-state index contributed by atoms with van der Waals surface area (Å²) in [5.74, 6) is -0.231. The van der Waals surface area contributed by atoms with Crippen LogP contribution in [-0.2, 0) is 40.3 Å². The van der Waals surface area contributed by atoms with Gasteiger partial charge in [0, 0.05) is 18.5 Å². The van der Waals surface area contributed by atoms with Gasteiger partial charge in [-0.3, -0.25) is 4.79 Å². The molecule has 3 aromatic rings. The highest BCUT2D eigenvalue weighted by Crippen LogP contribution is 2.24. The maximum absolute atomic E-state index is 13.0. The Balaban J connectivity index is 1.52. The van der Waals surface area contributed by atoms with Gasteiger partial charge in [-0.15, -0.1) is 10.2 Å². The molecule has 8 heteroatoms. The summed E-state index contributed by atoms with van der Waals surface area (Å²) in [4.78, 5) is 28.1. The van der Waals surface area contributed by atoms with Crippen LogP contribution in [0.15, 0.2) is 48.5 Å². The van der Waals surface area contributed by atoms with Crippen LogP contribution in [0, 0.1) is 0 Å². The Morgan fingerprint density at radius 3 is 2.53 bits per heavy atom. The summed E-state index contributed by atoms with van der Waals surface area (Å²) >= 11 is 0. The van der Waals surface area contributed by atoms with Gasteiger partial charge < -0.3 is 9.64 Å². The molecule has 0 bridgehead atoms. The smallest absolute Gasteiger partial charge is 0.328 e. The highest BCUT2D eigenvalue weighted by atomic mass is 16.5. The first kappa shape index (κ1) is 19.8. The van der Waals surface area contributed by atoms with E-state index in [1.54, 1.807) is 0 Å². The van der Waals surface area contributed by atoms with Crippen molar-refractivity contribution in [2.24, 2.45) is 0 Å². The second-order valence-electron chi connectivity index (χ2n) is 7.23. The van der Waals surface area contributed by atoms with E-state index < -0.39 is 12.0 Å². The second-order valence-corrected chi connectivity index (χ2v) is 7.23. The summed E-state index contributed by atoms with van der Waals surface area (Å²) < 4.78 is 4.93. The monoisotopic (exact) mass is 405 g/mol. The lowest BCUT2D eigenvalue weighted by atomic mass is 9.94. The van der Waals surface area contributed by atoms with Gasteiger partial charge in [-0.05, 0) is 28.3 Å². The first-order valence-corrected chi connectivity index (χ1v) is 9.90. The van der Waals surface area contributed by atoms with Crippen LogP contribution < -0.4 is 0 Å². The molecule has 4 rings (SSSR count). The second kappa shape index (κ2) is 8.44. The molecule has 0 aliphatic carbocycles. The number of rotatable bonds is 5. The maximum atomic E-state index is 13.0. The van der Waals surface area contributed by atoms with Gasteiger partial charge in [0.25, 0.3) is 0 Å². The fraction of sp³-hybridized carbons (Fsp3) is 0.318. The number of aromatic nitrogens is 4. The largest absolute Gasteiger partial charge is 0.467 e. The Morgan fingerprint density at radius 1 is 1.10 bits per heavy atom. The van der Waals surface area contributed by atoms with Crippen molar-refractivity contribution in [3.63, 3.8) is 0 Å². The number of hydrogen-bond acceptors (Lipinski definition) is 6. The predicted octanol–water partition coefficient (Wildman–Crippen LogP) is 2.03. The van der Waals surface area contributed by atoms with Crippen molar-refractivity contribution in [3.8, 4) is 11.4 Å². The zero-order chi connectivity index (χ0) is 21.1. The molecule has 0 radical (unpaired) electrons. The van der Waals surface area contributed by atoms with Gasteiger partial charge in [-0.1, -0.05) is 55.5 Å². The standard InChI is InChI=1S/C22H23N5O3/c1-3-15-8-10-16(11-9-15)21-23-25-27(24-21)14-20(28)26-13-18-7-5-4-6-17(18)12-19(26)22(29)30-2/h4-11,19H,3,12-14H2,1-2H3/t19-/m1/s1. The maximum Gasteiger partial charge on any atom is 0.328 e. The van der Waals surface area contributed by atoms with E-state index in [0.29, 0.717) is 18.8 Å². The van der Waals surface area contributed by atoms with Crippen LogP contribution in [-0.4, -0.2) is 50.1 Å². The van der Waals surface area contributed by atoms with Crippen molar-refractivity contribution in [1.82, 2.24) is 25.1 Å². The van der Waals surface area contributed by atoms with Gasteiger partial charge in [0.1, 0.15) is 12.6 Å². The number of amides is 1. The van der Waals surface area contributed by atoms with E-state index in [-0.39, 0.29) is 12.5 Å². The van der Waals surface area contributed by atoms with Crippen LogP contribution in [0.5, 0.6) is 0 Å². The number of nitrogens with zero attached hydrogens (tertiary/aromatic N) is 5. The number of aryl methyl sites for hydroxylation is 1. The topological polar surface area (TPSA) is 90.2 Å². The van der Waals surface area contributed by atoms with Crippen molar-refractivity contribution in [3.05, 3.63) is 65.2 Å². The molecule has 1 amide bonds. The van der Waals surface area contributed by atoms with E-state index in [1.807, 2.05) is 48.5 Å². The molecule has 154 valence electrons. The zero-order valence-corrected chi connectivity index (χ0v) is 17.0. The fourth-order valence-corrected chi connectivity index (χ4v) is 3.66. The minimum absolute atomic E-state index is 0.101. The third kappa shape index (κ3) is 3.94. The van der Waals surface area contributed by atoms with Crippen molar-refractivity contribution >= 4 is 11.9 Å². The van der Waals surface area contributed by atoms with E-state index >= 15 is 0 Å². The summed E-state index contributed by atoms with van der Waals surface area (Å²) in [6.07, 6.45) is 1.38. The summed E-state index contributed by atoms with van der Waals surface area (Å²) in [6.45, 7) is 2.33. The molecule has 0 saturated carbocycles. The lowest BCUT2D eigenvalue weighted by Gasteiger charge is -2.35. The number of benzene rings is 2. The highest BCUT2D eigenvalue weighted by Gasteiger charge is 2.35. The Bertz CT molecular complexity index is 1060. The van der Waals surface area contributed by atoms with Crippen LogP contribution in [0.25, 0.3) is 11.4 Å². The SMILES string of the molecule is CCc1ccc(-c2nnn(CC(=O)N3Cc4ccccc4C[C@@H]3C(=O)OC)n2)cc1. The summed E-state index contributed by atoms with van der Waals surface area (Å²) in [5, 5.41) is 12.4. The molecule has 8 nitrogen and oxygen atoms in total. The number of tetrazole rings is 1. The molecular formula is C22H23N5O3. The quantitative estimate of drug-likeness (QED) is 0.604. The lowest BCUT2D eigenvalue weighted by molar-refractivity contribution is -0.154. The van der Waals surface area contributed by atoms with E-state index in [4.69, 9.17) is 4.74 Å². The van der Waals surface area contributed by atoms with Gasteiger partial charge in [-0.2, -0.15) is 4.80 Å². The lowest BCUT2D eigenvalue weighted by Crippen LogP contribution is -2.50. The van der Waals surface area contributed by atoms with Gasteiger partial charge >= 0.3 is 5.97 Å². The van der Waals surface area contributed by atoms with Crippen LogP contribution in [0.1, 0.15) is 23.6 Å². The average Bonchev–Trinajstić information content (AvgIpc) is 3.26. The number of carbonyl (C=O) groups excluding carboxylic acids is 2. The van der Waals surface area contributed by atoms with Crippen LogP contribution in [0.2, 0.25) is 0 Å². The molecule has 1 aliphatic heterocycles. The summed E-state index contributed by atoms with van der Waals surface area (Å²) in [6, 6.07) is 15.1. The van der Waals surface area contributed by atoms with E-state index in [2.05, 4.69) is 22.3 Å². The van der Waals surface area contributed by atoms with E-state index in [9.17, 15) is 9.59 Å². The third-order valence-electron chi connectivity index (χ3n) is 5.39. The highest BCUT2D eigenvalue weighted by molar-refractivity contribution is 5.85. The van der Waals surface area contributed by atoms with Gasteiger partial charge in [0.05, 0.1) is 7.11 Å². The molecular weight excluding hydrogens is 382 g/mol. The van der Waals surface area contributed by atoms with Gasteiger partial charge in [0.15, 0.2) is 0 Å². The number of carbonyl (C=O) groups is 2. The molecule has 30 heavy (non-hydrogen) atoms. The number of fused-ring (bicyclic) bond motifs is 1. The van der Waals surface area contributed by atoms with Crippen molar-refractivity contribution < 1.29 is 14.3 Å². The molecule has 1 atom stereocenters. The molecule has 2 heterocycles. The Morgan fingerprint density at radius 2 is 1.83 bits per heavy atom. The first-order valence-electron chi connectivity index (χ1n) is 9.90. The molecule has 2 aromatic carbocycles. The number of methoxy groups -OCH3 is 1. The minimum Gasteiger partial charge on any atom is -0.467 e. The molecule has 0 N–H and O–H groups in total. The Hall–Kier alpha value is -3.55. The van der Waals surface area contributed by atoms with Crippen LogP contribution in [0.4, 0.5) is 0 Å². The number of ether oxygens (including phenoxy) is 1. The normalized spacial score (nSPS) is 15.5. The van der Waals surface area contributed by atoms with E-state index in [0.717, 1.165) is 23.1 Å². The molecule has 0 spiro atoms. The predicted molar refractivity (Wildman–Crippen MR) is 109 cm³/mol. The van der Waals surface area contributed by atoms with Crippen LogP contribution >= 0.6 is 0 Å². The van der Waals surface area contributed by atoms with Gasteiger partial charge in [-0.25, -0.2) is 4.79 Å². The summed E-state index contributed by atoms with van der Waals surface area (Å²) in [5.41, 5.74) is 4.13. The minimum atomic E-state index is -0.665. The zero-order valence-electron chi connectivity index (χ0n) is 17.0. The van der Waals surface area contributed by atoms with Crippen molar-refractivity contribution in [2.45, 2.75) is 38.9 Å². The molecule has 1 aliphatic rings. The number of esters is 1. The van der Waals surface area contributed by atoms with E-state index in [1.165, 1.54) is 22.4 Å². The summed E-state index contributed by atoms with van der Waals surface area (Å²) in [7, 11) is 1.33. The molecule has 1 aromatic heterocycles. The molecule has 0 fully saturated rings. The van der Waals surface area contributed by atoms with Crippen molar-refractivity contribution in [2.75, 3.05) is 7.11 Å². The average molecular weight is 405 g/mol. The van der Waals surface area contributed by atoms with Crippen LogP contribution in [0.3, 0.4) is 0 Å². The first-order chi connectivity index (χ1) is 14.6. The molecule has 0 saturated heterocycles. The van der Waals surface area contributed by atoms with Crippen molar-refractivity contribution in [1.29, 1.82) is 0 Å². The number of hydrogen-bond donors (Lipinski definition) is 0. The third-order valence-corrected chi connectivity index (χ3v) is 5.39. The Labute approximate surface area is 174 Å².